The maximum atomic E-state index is 12.5. The molecule has 0 unspecified atom stereocenters. The van der Waals surface area contributed by atoms with Gasteiger partial charge in [0.25, 0.3) is 6.43 Å². The lowest BCUT2D eigenvalue weighted by Crippen LogP contribution is -2.02. The number of carbonyl (C=O) groups is 1. The van der Waals surface area contributed by atoms with Crippen molar-refractivity contribution in [1.29, 1.82) is 0 Å². The third-order valence-electron chi connectivity index (χ3n) is 1.60. The molecule has 14 heavy (non-hydrogen) atoms. The summed E-state index contributed by atoms with van der Waals surface area (Å²) in [5, 5.41) is 0. The van der Waals surface area contributed by atoms with Crippen LogP contribution in [0.25, 0.3) is 0 Å². The normalized spacial score (nSPS) is 10.4. The number of hydrogen-bond donors (Lipinski definition) is 0. The van der Waals surface area contributed by atoms with Crippen molar-refractivity contribution >= 4 is 28.9 Å². The van der Waals surface area contributed by atoms with Gasteiger partial charge in [0, 0.05) is 15.3 Å². The summed E-state index contributed by atoms with van der Waals surface area (Å²) >= 11 is 1.70. The molecule has 76 valence electrons. The molecule has 0 aromatic carbocycles. The first kappa shape index (κ1) is 11.3. The van der Waals surface area contributed by atoms with Crippen molar-refractivity contribution in [1.82, 2.24) is 4.98 Å². The van der Waals surface area contributed by atoms with E-state index < -0.39 is 6.43 Å². The number of aldehydes is 1. The minimum Gasteiger partial charge on any atom is -0.480 e. The third kappa shape index (κ3) is 1.99. The number of pyridine rings is 1. The summed E-state index contributed by atoms with van der Waals surface area (Å²) in [5.74, 6) is -0.0734. The summed E-state index contributed by atoms with van der Waals surface area (Å²) in [6, 6.07) is 0. The molecule has 3 nitrogen and oxygen atoms in total. The van der Waals surface area contributed by atoms with E-state index in [9.17, 15) is 13.6 Å². The maximum absolute atomic E-state index is 12.5. The quantitative estimate of drug-likeness (QED) is 0.635. The van der Waals surface area contributed by atoms with Gasteiger partial charge in [0.2, 0.25) is 5.88 Å². The molecule has 0 aliphatic rings. The first-order valence-corrected chi connectivity index (χ1v) is 4.65. The molecule has 1 aromatic heterocycles. The van der Waals surface area contributed by atoms with E-state index in [0.29, 0.717) is 6.29 Å². The van der Waals surface area contributed by atoms with Crippen molar-refractivity contribution < 1.29 is 18.3 Å². The highest BCUT2D eigenvalue weighted by atomic mass is 127. The van der Waals surface area contributed by atoms with Crippen molar-refractivity contribution in [3.63, 3.8) is 0 Å². The Bertz CT molecular complexity index is 357. The van der Waals surface area contributed by atoms with Gasteiger partial charge in [0.1, 0.15) is 0 Å². The topological polar surface area (TPSA) is 39.2 Å². The highest BCUT2D eigenvalue weighted by Crippen LogP contribution is 2.30. The van der Waals surface area contributed by atoms with Crippen LogP contribution in [0.15, 0.2) is 6.20 Å². The highest BCUT2D eigenvalue weighted by Gasteiger charge is 2.20. The number of methoxy groups -OCH3 is 1. The Morgan fingerprint density at radius 1 is 1.64 bits per heavy atom. The Balaban J connectivity index is 3.42. The molecule has 0 N–H and O–H groups in total. The minimum absolute atomic E-state index is 0.0734. The lowest BCUT2D eigenvalue weighted by Gasteiger charge is -2.09. The second kappa shape index (κ2) is 4.63. The van der Waals surface area contributed by atoms with E-state index in [1.165, 1.54) is 13.3 Å². The lowest BCUT2D eigenvalue weighted by molar-refractivity contribution is 0.110. The molecule has 1 heterocycles. The third-order valence-corrected chi connectivity index (χ3v) is 2.46. The fourth-order valence-electron chi connectivity index (χ4n) is 0.997. The van der Waals surface area contributed by atoms with Gasteiger partial charge >= 0.3 is 0 Å². The molecule has 1 rings (SSSR count). The van der Waals surface area contributed by atoms with E-state index in [4.69, 9.17) is 4.74 Å². The van der Waals surface area contributed by atoms with Gasteiger partial charge in [-0.25, -0.2) is 13.8 Å². The van der Waals surface area contributed by atoms with E-state index >= 15 is 0 Å². The predicted molar refractivity (Wildman–Crippen MR) is 53.9 cm³/mol. The number of halogens is 3. The first-order valence-electron chi connectivity index (χ1n) is 3.57. The molecule has 0 bridgehead atoms. The van der Waals surface area contributed by atoms with Gasteiger partial charge in [0.05, 0.1) is 12.7 Å². The van der Waals surface area contributed by atoms with Crippen LogP contribution < -0.4 is 4.74 Å². The average molecular weight is 313 g/mol. The number of hydrogen-bond acceptors (Lipinski definition) is 3. The SMILES string of the molecule is COc1ncc(I)c(C(F)F)c1C=O. The maximum Gasteiger partial charge on any atom is 0.265 e. The van der Waals surface area contributed by atoms with Gasteiger partial charge in [-0.15, -0.1) is 0 Å². The summed E-state index contributed by atoms with van der Waals surface area (Å²) in [7, 11) is 1.28. The van der Waals surface area contributed by atoms with E-state index in [-0.39, 0.29) is 20.6 Å². The van der Waals surface area contributed by atoms with Crippen LogP contribution in [0.4, 0.5) is 8.78 Å². The molecule has 0 atom stereocenters. The van der Waals surface area contributed by atoms with Gasteiger partial charge in [0.15, 0.2) is 6.29 Å². The number of ether oxygens (including phenoxy) is 1. The minimum atomic E-state index is -2.71. The van der Waals surface area contributed by atoms with E-state index in [1.54, 1.807) is 22.6 Å². The molecule has 0 saturated heterocycles. The number of nitrogens with zero attached hydrogens (tertiary/aromatic N) is 1. The summed E-state index contributed by atoms with van der Waals surface area (Å²) in [6.07, 6.45) is -1.14. The standard InChI is InChI=1S/C8H6F2INO2/c1-14-8-4(3-13)6(7(9)10)5(11)2-12-8/h2-3,7H,1H3. The zero-order valence-corrected chi connectivity index (χ0v) is 9.29. The van der Waals surface area contributed by atoms with Gasteiger partial charge in [-0.2, -0.15) is 0 Å². The highest BCUT2D eigenvalue weighted by molar-refractivity contribution is 14.1. The van der Waals surface area contributed by atoms with Crippen molar-refractivity contribution in [2.24, 2.45) is 0 Å². The Hall–Kier alpha value is -0.790. The van der Waals surface area contributed by atoms with Gasteiger partial charge in [-0.3, -0.25) is 4.79 Å². The molecule has 6 heteroatoms. The molecule has 1 aromatic rings. The second-order valence-electron chi connectivity index (χ2n) is 2.36. The van der Waals surface area contributed by atoms with Crippen LogP contribution in [0.1, 0.15) is 22.3 Å². The zero-order chi connectivity index (χ0) is 10.7. The summed E-state index contributed by atoms with van der Waals surface area (Å²) in [6.45, 7) is 0. The van der Waals surface area contributed by atoms with Crippen molar-refractivity contribution in [3.8, 4) is 5.88 Å². The van der Waals surface area contributed by atoms with Crippen LogP contribution in [0.5, 0.6) is 5.88 Å². The summed E-state index contributed by atoms with van der Waals surface area (Å²) in [4.78, 5) is 14.3. The second-order valence-corrected chi connectivity index (χ2v) is 3.52. The molecule has 0 spiro atoms. The molecule has 0 saturated carbocycles. The zero-order valence-electron chi connectivity index (χ0n) is 7.13. The Morgan fingerprint density at radius 3 is 2.71 bits per heavy atom. The molecular weight excluding hydrogens is 307 g/mol. The van der Waals surface area contributed by atoms with Gasteiger partial charge < -0.3 is 4.74 Å². The van der Waals surface area contributed by atoms with Crippen molar-refractivity contribution in [2.45, 2.75) is 6.43 Å². The molecule has 0 aliphatic carbocycles. The Kier molecular flexibility index (Phi) is 3.73. The molecule has 0 fully saturated rings. The largest absolute Gasteiger partial charge is 0.480 e. The lowest BCUT2D eigenvalue weighted by atomic mass is 10.1. The Labute approximate surface area is 92.6 Å². The average Bonchev–Trinajstić information content (AvgIpc) is 2.16. The fourth-order valence-corrected chi connectivity index (χ4v) is 1.66. The van der Waals surface area contributed by atoms with Gasteiger partial charge in [-0.05, 0) is 22.6 Å². The fraction of sp³-hybridized carbons (Fsp3) is 0.250. The molecule has 0 amide bonds. The predicted octanol–water partition coefficient (Wildman–Crippen LogP) is 2.44. The smallest absolute Gasteiger partial charge is 0.265 e. The molecule has 0 aliphatic heterocycles. The summed E-state index contributed by atoms with van der Waals surface area (Å²) in [5.41, 5.74) is -0.512. The molecular formula is C8H6F2INO2. The van der Waals surface area contributed by atoms with E-state index in [2.05, 4.69) is 4.98 Å². The Morgan fingerprint density at radius 2 is 2.29 bits per heavy atom. The molecule has 0 radical (unpaired) electrons. The van der Waals surface area contributed by atoms with Crippen LogP contribution in [-0.2, 0) is 0 Å². The van der Waals surface area contributed by atoms with Crippen LogP contribution in [0.3, 0.4) is 0 Å². The summed E-state index contributed by atoms with van der Waals surface area (Å²) < 4.78 is 30.0. The van der Waals surface area contributed by atoms with Crippen LogP contribution >= 0.6 is 22.6 Å². The van der Waals surface area contributed by atoms with Gasteiger partial charge in [-0.1, -0.05) is 0 Å². The first-order chi connectivity index (χ1) is 6.61. The van der Waals surface area contributed by atoms with Crippen molar-refractivity contribution in [3.05, 3.63) is 20.9 Å². The van der Waals surface area contributed by atoms with E-state index in [0.717, 1.165) is 0 Å². The number of carbonyl (C=O) groups excluding carboxylic acids is 1. The van der Waals surface area contributed by atoms with Crippen LogP contribution in [0.2, 0.25) is 0 Å². The van der Waals surface area contributed by atoms with Crippen LogP contribution in [0, 0.1) is 3.57 Å². The number of aromatic nitrogens is 1. The van der Waals surface area contributed by atoms with Crippen LogP contribution in [-0.4, -0.2) is 18.4 Å². The van der Waals surface area contributed by atoms with E-state index in [1.807, 2.05) is 0 Å². The number of alkyl halides is 2. The number of rotatable bonds is 3. The van der Waals surface area contributed by atoms with Crippen molar-refractivity contribution in [2.75, 3.05) is 7.11 Å². The monoisotopic (exact) mass is 313 g/mol.